The summed E-state index contributed by atoms with van der Waals surface area (Å²) in [6.07, 6.45) is 0. The van der Waals surface area contributed by atoms with Gasteiger partial charge in [-0.3, -0.25) is 0 Å². The fourth-order valence-electron chi connectivity index (χ4n) is 0.933. The van der Waals surface area contributed by atoms with E-state index in [0.29, 0.717) is 5.75 Å². The van der Waals surface area contributed by atoms with Crippen molar-refractivity contribution in [3.63, 3.8) is 0 Å². The molecule has 0 atom stereocenters. The molecule has 1 aromatic rings. The average Bonchev–Trinajstić information content (AvgIpc) is 2.14. The Morgan fingerprint density at radius 2 is 1.80 bits per heavy atom. The van der Waals surface area contributed by atoms with Crippen molar-refractivity contribution >= 4 is 41.1 Å². The summed E-state index contributed by atoms with van der Waals surface area (Å²) < 4.78 is 39.1. The third-order valence-electron chi connectivity index (χ3n) is 1.61. The van der Waals surface area contributed by atoms with Gasteiger partial charge in [0.2, 0.25) is 0 Å². The van der Waals surface area contributed by atoms with E-state index in [0.717, 1.165) is 27.9 Å². The predicted molar refractivity (Wildman–Crippen MR) is 54.8 cm³/mol. The molecule has 1 N–H and O–H groups in total. The van der Waals surface area contributed by atoms with Gasteiger partial charge in [0.1, 0.15) is 0 Å². The summed E-state index contributed by atoms with van der Waals surface area (Å²) in [6.45, 7) is -0.137. The molecule has 0 aliphatic carbocycles. The zero-order valence-electron chi connectivity index (χ0n) is 8.21. The maximum absolute atomic E-state index is 10.2. The quantitative estimate of drug-likeness (QED) is 0.434. The van der Waals surface area contributed by atoms with Crippen LogP contribution >= 0.6 is 0 Å². The molecular weight excluding hydrogens is 231 g/mol. The first-order valence-corrected chi connectivity index (χ1v) is 6.65. The number of benzene rings is 1. The van der Waals surface area contributed by atoms with Crippen LogP contribution in [0.4, 0.5) is 0 Å². The molecule has 0 saturated carbocycles. The van der Waals surface area contributed by atoms with Crippen LogP contribution in [0, 0.1) is 0 Å². The fraction of sp³-hybridized carbons (Fsp3) is 0.250. The fourth-order valence-corrected chi connectivity index (χ4v) is 1.55. The molecule has 78 valence electrons. The molecule has 0 spiro atoms. The normalized spacial score (nSPS) is 11.4. The van der Waals surface area contributed by atoms with Crippen LogP contribution in [-0.4, -0.2) is 54.1 Å². The van der Waals surface area contributed by atoms with Crippen LogP contribution in [0.5, 0.6) is 5.75 Å². The summed E-state index contributed by atoms with van der Waals surface area (Å²) in [5.74, 6) is 0.647. The molecule has 0 aliphatic heterocycles. The summed E-state index contributed by atoms with van der Waals surface area (Å²) in [4.78, 5) is 0. The number of ether oxygens (including phenoxy) is 1. The Labute approximate surface area is 106 Å². The van der Waals surface area contributed by atoms with Crippen LogP contribution < -0.4 is 7.55 Å². The van der Waals surface area contributed by atoms with Crippen molar-refractivity contribution in [1.82, 2.24) is 0 Å². The molecule has 0 fully saturated rings. The van der Waals surface area contributed by atoms with Gasteiger partial charge in [-0.15, -0.1) is 0 Å². The van der Waals surface area contributed by atoms with E-state index < -0.39 is 10.4 Å². The van der Waals surface area contributed by atoms with Gasteiger partial charge in [0.05, 0.1) is 0 Å². The van der Waals surface area contributed by atoms with E-state index in [1.165, 1.54) is 2.81 Å². The molecule has 0 saturated heterocycles. The molecule has 0 unspecified atom stereocenters. The maximum atomic E-state index is 10.2. The molecule has 0 aromatic heterocycles. The Bertz CT molecular complexity index is 400. The van der Waals surface area contributed by atoms with Gasteiger partial charge in [-0.2, -0.15) is 0 Å². The van der Waals surface area contributed by atoms with E-state index >= 15 is 0 Å². The van der Waals surface area contributed by atoms with Crippen molar-refractivity contribution in [1.29, 1.82) is 0 Å². The monoisotopic (exact) mass is 240 g/mol. The second-order valence-corrected chi connectivity index (χ2v) is 5.16. The second kappa shape index (κ2) is 5.83. The molecule has 1 rings (SSSR count). The van der Waals surface area contributed by atoms with Gasteiger partial charge in [-0.05, 0) is 0 Å². The van der Waals surface area contributed by atoms with Crippen molar-refractivity contribution in [2.75, 3.05) is 13.2 Å². The molecule has 0 amide bonds. The van der Waals surface area contributed by atoms with Gasteiger partial charge in [-0.25, -0.2) is 0 Å². The summed E-state index contributed by atoms with van der Waals surface area (Å²) in [5.41, 5.74) is 0. The minimum absolute atomic E-state index is 0.0697. The van der Waals surface area contributed by atoms with Gasteiger partial charge in [0.25, 0.3) is 0 Å². The standard InChI is InChI=1S/C8H9O5S.Na/c9-14(10,11)13-7-6-12-8-4-2-1-3-5-8;/h2-5H,6-7H2,(H,9,10,11);. The van der Waals surface area contributed by atoms with E-state index in [-0.39, 0.29) is 13.2 Å². The average molecular weight is 240 g/mol. The Balaban J connectivity index is 2.29. The number of hydrogen-bond acceptors (Lipinski definition) is 4. The molecule has 0 radical (unpaired) electrons. The Kier molecular flexibility index (Phi) is 5.04. The van der Waals surface area contributed by atoms with Gasteiger partial charge in [-0.1, -0.05) is 0 Å². The first-order chi connectivity index (χ1) is 6.97. The summed E-state index contributed by atoms with van der Waals surface area (Å²) >= 11 is 0.978. The van der Waals surface area contributed by atoms with Crippen LogP contribution in [0.25, 0.3) is 0 Å². The number of hydrogen-bond donors (Lipinski definition) is 1. The van der Waals surface area contributed by atoms with Crippen LogP contribution in [0.1, 0.15) is 0 Å². The van der Waals surface area contributed by atoms with E-state index in [4.69, 9.17) is 9.29 Å². The van der Waals surface area contributed by atoms with Crippen molar-refractivity contribution in [2.24, 2.45) is 0 Å². The minimum atomic E-state index is -4.36. The topological polar surface area (TPSA) is 72.8 Å². The molecule has 0 bridgehead atoms. The molecule has 5 nitrogen and oxygen atoms in total. The molecule has 15 heavy (non-hydrogen) atoms. The van der Waals surface area contributed by atoms with Crippen LogP contribution in [0.2, 0.25) is 0 Å². The molecule has 0 heterocycles. The van der Waals surface area contributed by atoms with Crippen LogP contribution in [0.15, 0.2) is 24.3 Å². The Morgan fingerprint density at radius 3 is 2.33 bits per heavy atom. The third-order valence-corrected chi connectivity index (χ3v) is 2.74. The first-order valence-electron chi connectivity index (χ1n) is 4.29. The zero-order chi connectivity index (χ0) is 11.3. The molecule has 7 heteroatoms. The van der Waals surface area contributed by atoms with Gasteiger partial charge in [0.15, 0.2) is 0 Å². The second-order valence-electron chi connectivity index (χ2n) is 2.91. The summed E-state index contributed by atoms with van der Waals surface area (Å²) in [7, 11) is -4.36. The van der Waals surface area contributed by atoms with E-state index in [2.05, 4.69) is 4.18 Å². The van der Waals surface area contributed by atoms with E-state index in [1.54, 1.807) is 12.1 Å². The van der Waals surface area contributed by atoms with Crippen molar-refractivity contribution in [2.45, 2.75) is 0 Å². The van der Waals surface area contributed by atoms with Gasteiger partial charge in [0, 0.05) is 0 Å². The van der Waals surface area contributed by atoms with Crippen LogP contribution in [0.3, 0.4) is 0 Å². The van der Waals surface area contributed by atoms with Crippen molar-refractivity contribution < 1.29 is 21.9 Å². The van der Waals surface area contributed by atoms with Gasteiger partial charge >= 0.3 is 106 Å². The van der Waals surface area contributed by atoms with Crippen molar-refractivity contribution in [3.8, 4) is 5.75 Å². The number of rotatable bonds is 5. The van der Waals surface area contributed by atoms with E-state index in [9.17, 15) is 8.42 Å². The summed E-state index contributed by atoms with van der Waals surface area (Å²) in [5, 5.41) is 0. The third kappa shape index (κ3) is 6.14. The first kappa shape index (κ1) is 13.0. The summed E-state index contributed by atoms with van der Waals surface area (Å²) in [6, 6.07) is 7.47. The van der Waals surface area contributed by atoms with Gasteiger partial charge < -0.3 is 0 Å². The van der Waals surface area contributed by atoms with E-state index in [1.807, 2.05) is 12.1 Å². The molecule has 1 aromatic carbocycles. The molecular formula is C8H9NaO5S. The predicted octanol–water partition coefficient (Wildman–Crippen LogP) is -0.321. The Morgan fingerprint density at radius 1 is 1.20 bits per heavy atom. The molecule has 0 aliphatic rings. The van der Waals surface area contributed by atoms with Crippen LogP contribution in [-0.2, 0) is 14.6 Å². The zero-order valence-corrected chi connectivity index (χ0v) is 11.0. The Hall–Kier alpha value is -0.110. The van der Waals surface area contributed by atoms with Crippen molar-refractivity contribution in [3.05, 3.63) is 24.3 Å². The SMILES string of the molecule is O=S(=O)(O)OCCOc1cc[c]([Na])cc1.